The average molecular weight is 421 g/mol. The number of rotatable bonds is 6. The first-order valence-corrected chi connectivity index (χ1v) is 10.9. The predicted octanol–water partition coefficient (Wildman–Crippen LogP) is 2.86. The molecule has 1 fully saturated rings. The minimum Gasteiger partial charge on any atom is -0.387 e. The van der Waals surface area contributed by atoms with E-state index in [-0.39, 0.29) is 11.4 Å². The molecule has 3 rings (SSSR count). The van der Waals surface area contributed by atoms with E-state index in [0.29, 0.717) is 24.3 Å². The van der Waals surface area contributed by atoms with Crippen molar-refractivity contribution in [1.82, 2.24) is 9.62 Å². The Morgan fingerprint density at radius 2 is 1.83 bits per heavy atom. The normalized spacial score (nSPS) is 16.2. The molecule has 2 aromatic carbocycles. The Hall–Kier alpha value is -2.49. The maximum Gasteiger partial charge on any atom is 0.319 e. The van der Waals surface area contributed by atoms with Crippen molar-refractivity contribution in [2.45, 2.75) is 30.3 Å². The number of anilines is 1. The molecular weight excluding hydrogens is 397 g/mol. The summed E-state index contributed by atoms with van der Waals surface area (Å²) in [7, 11) is -3.60. The highest BCUT2D eigenvalue weighted by Gasteiger charge is 2.26. The van der Waals surface area contributed by atoms with Crippen LogP contribution in [-0.4, -0.2) is 43.5 Å². The minimum atomic E-state index is -3.60. The summed E-state index contributed by atoms with van der Waals surface area (Å²) < 4.78 is 40.2. The summed E-state index contributed by atoms with van der Waals surface area (Å²) in [6, 6.07) is 10.9. The highest BCUT2D eigenvalue weighted by molar-refractivity contribution is 7.89. The summed E-state index contributed by atoms with van der Waals surface area (Å²) in [5, 5.41) is 15.1. The van der Waals surface area contributed by atoms with Gasteiger partial charge in [-0.1, -0.05) is 24.6 Å². The maximum atomic E-state index is 13.2. The van der Waals surface area contributed by atoms with Gasteiger partial charge in [0.25, 0.3) is 0 Å². The lowest BCUT2D eigenvalue weighted by atomic mass is 10.1. The van der Waals surface area contributed by atoms with Gasteiger partial charge in [0.1, 0.15) is 5.82 Å². The number of benzene rings is 2. The topological polar surface area (TPSA) is 98.7 Å². The number of hydrogen-bond donors (Lipinski definition) is 3. The average Bonchev–Trinajstić information content (AvgIpc) is 2.73. The second kappa shape index (κ2) is 9.34. The summed E-state index contributed by atoms with van der Waals surface area (Å²) in [6.07, 6.45) is 1.64. The zero-order valence-corrected chi connectivity index (χ0v) is 16.7. The molecule has 1 heterocycles. The summed E-state index contributed by atoms with van der Waals surface area (Å²) in [5.41, 5.74) is 0.667. The largest absolute Gasteiger partial charge is 0.387 e. The van der Waals surface area contributed by atoms with Crippen LogP contribution in [0.5, 0.6) is 0 Å². The van der Waals surface area contributed by atoms with Crippen molar-refractivity contribution >= 4 is 21.7 Å². The van der Waals surface area contributed by atoms with Crippen LogP contribution < -0.4 is 10.6 Å². The van der Waals surface area contributed by atoms with Crippen LogP contribution in [0.25, 0.3) is 0 Å². The van der Waals surface area contributed by atoms with Gasteiger partial charge >= 0.3 is 6.03 Å². The number of carbonyl (C=O) groups is 1. The molecule has 2 aromatic rings. The fraction of sp³-hybridized carbons (Fsp3) is 0.350. The first-order chi connectivity index (χ1) is 13.9. The molecule has 156 valence electrons. The molecule has 0 aliphatic carbocycles. The van der Waals surface area contributed by atoms with E-state index in [4.69, 9.17) is 0 Å². The van der Waals surface area contributed by atoms with E-state index in [9.17, 15) is 22.7 Å². The number of carbonyl (C=O) groups excluding carboxylic acids is 1. The van der Waals surface area contributed by atoms with E-state index in [1.807, 2.05) is 0 Å². The Labute approximate surface area is 169 Å². The molecule has 1 unspecified atom stereocenters. The van der Waals surface area contributed by atoms with Crippen molar-refractivity contribution in [1.29, 1.82) is 0 Å². The van der Waals surface area contributed by atoms with Crippen molar-refractivity contribution in [3.05, 3.63) is 59.9 Å². The third kappa shape index (κ3) is 5.53. The predicted molar refractivity (Wildman–Crippen MR) is 107 cm³/mol. The van der Waals surface area contributed by atoms with Gasteiger partial charge in [0.15, 0.2) is 0 Å². The lowest BCUT2D eigenvalue weighted by molar-refractivity contribution is 0.174. The van der Waals surface area contributed by atoms with Crippen LogP contribution in [-0.2, 0) is 10.0 Å². The maximum absolute atomic E-state index is 13.2. The second-order valence-electron chi connectivity index (χ2n) is 6.90. The molecule has 2 amide bonds. The number of urea groups is 1. The monoisotopic (exact) mass is 421 g/mol. The Morgan fingerprint density at radius 1 is 1.10 bits per heavy atom. The molecule has 0 radical (unpaired) electrons. The van der Waals surface area contributed by atoms with Gasteiger partial charge in [-0.15, -0.1) is 0 Å². The number of halogens is 1. The first-order valence-electron chi connectivity index (χ1n) is 9.45. The third-order valence-electron chi connectivity index (χ3n) is 4.73. The molecule has 1 aliphatic heterocycles. The SMILES string of the molecule is O=C(NCC(O)c1cccc(F)c1)Nc1cccc(S(=O)(=O)N2CCCCC2)c1. The second-order valence-corrected chi connectivity index (χ2v) is 8.84. The van der Waals surface area contributed by atoms with Crippen LogP contribution >= 0.6 is 0 Å². The van der Waals surface area contributed by atoms with Crippen molar-refractivity contribution in [2.75, 3.05) is 25.0 Å². The van der Waals surface area contributed by atoms with Crippen LogP contribution in [0, 0.1) is 5.82 Å². The standard InChI is InChI=1S/C20H24FN3O4S/c21-16-7-4-6-15(12-16)19(25)14-22-20(26)23-17-8-5-9-18(13-17)29(27,28)24-10-2-1-3-11-24/h4-9,12-13,19,25H,1-3,10-11,14H2,(H2,22,23,26). The van der Waals surface area contributed by atoms with Crippen LogP contribution in [0.4, 0.5) is 14.9 Å². The number of aliphatic hydroxyl groups excluding tert-OH is 1. The fourth-order valence-corrected chi connectivity index (χ4v) is 4.75. The van der Waals surface area contributed by atoms with Gasteiger partial charge in [-0.25, -0.2) is 17.6 Å². The number of piperidine rings is 1. The van der Waals surface area contributed by atoms with E-state index in [2.05, 4.69) is 10.6 Å². The smallest absolute Gasteiger partial charge is 0.319 e. The number of nitrogens with one attached hydrogen (secondary N) is 2. The van der Waals surface area contributed by atoms with Gasteiger partial charge < -0.3 is 15.7 Å². The molecule has 0 saturated carbocycles. The van der Waals surface area contributed by atoms with E-state index in [1.165, 1.54) is 34.6 Å². The molecular formula is C20H24FN3O4S. The quantitative estimate of drug-likeness (QED) is 0.668. The third-order valence-corrected chi connectivity index (χ3v) is 6.63. The molecule has 1 saturated heterocycles. The van der Waals surface area contributed by atoms with Gasteiger partial charge in [0, 0.05) is 25.3 Å². The van der Waals surface area contributed by atoms with Crippen molar-refractivity contribution in [2.24, 2.45) is 0 Å². The van der Waals surface area contributed by atoms with E-state index in [0.717, 1.165) is 19.3 Å². The number of aliphatic hydroxyl groups is 1. The lowest BCUT2D eigenvalue weighted by Gasteiger charge is -2.26. The van der Waals surface area contributed by atoms with E-state index >= 15 is 0 Å². The zero-order valence-electron chi connectivity index (χ0n) is 15.8. The van der Waals surface area contributed by atoms with Gasteiger partial charge in [0.2, 0.25) is 10.0 Å². The Bertz CT molecular complexity index is 962. The van der Waals surface area contributed by atoms with Crippen molar-refractivity contribution < 1.29 is 22.7 Å². The molecule has 29 heavy (non-hydrogen) atoms. The van der Waals surface area contributed by atoms with Crippen LogP contribution in [0.15, 0.2) is 53.4 Å². The van der Waals surface area contributed by atoms with Gasteiger partial charge in [-0.3, -0.25) is 0 Å². The number of sulfonamides is 1. The highest BCUT2D eigenvalue weighted by Crippen LogP contribution is 2.23. The number of nitrogens with zero attached hydrogens (tertiary/aromatic N) is 1. The molecule has 0 bridgehead atoms. The summed E-state index contributed by atoms with van der Waals surface area (Å²) >= 11 is 0. The minimum absolute atomic E-state index is 0.122. The molecule has 1 aliphatic rings. The van der Waals surface area contributed by atoms with Crippen LogP contribution in [0.1, 0.15) is 30.9 Å². The molecule has 1 atom stereocenters. The molecule has 3 N–H and O–H groups in total. The molecule has 9 heteroatoms. The van der Waals surface area contributed by atoms with Crippen LogP contribution in [0.2, 0.25) is 0 Å². The summed E-state index contributed by atoms with van der Waals surface area (Å²) in [4.78, 5) is 12.2. The molecule has 0 spiro atoms. The van der Waals surface area contributed by atoms with Gasteiger partial charge in [-0.05, 0) is 48.7 Å². The first kappa shape index (κ1) is 21.2. The van der Waals surface area contributed by atoms with Gasteiger partial charge in [0.05, 0.1) is 11.0 Å². The zero-order chi connectivity index (χ0) is 20.9. The lowest BCUT2D eigenvalue weighted by Crippen LogP contribution is -2.35. The fourth-order valence-electron chi connectivity index (χ4n) is 3.19. The summed E-state index contributed by atoms with van der Waals surface area (Å²) in [5.74, 6) is -0.474. The Kier molecular flexibility index (Phi) is 6.83. The Balaban J connectivity index is 1.60. The molecule has 7 nitrogen and oxygen atoms in total. The number of hydrogen-bond acceptors (Lipinski definition) is 4. The van der Waals surface area contributed by atoms with Crippen LogP contribution in [0.3, 0.4) is 0 Å². The van der Waals surface area contributed by atoms with Crippen molar-refractivity contribution in [3.63, 3.8) is 0 Å². The van der Waals surface area contributed by atoms with E-state index < -0.39 is 28.0 Å². The van der Waals surface area contributed by atoms with Gasteiger partial charge in [-0.2, -0.15) is 4.31 Å². The Morgan fingerprint density at radius 3 is 2.55 bits per heavy atom. The highest BCUT2D eigenvalue weighted by atomic mass is 32.2. The number of amides is 2. The van der Waals surface area contributed by atoms with Crippen molar-refractivity contribution in [3.8, 4) is 0 Å². The molecule has 0 aromatic heterocycles. The van der Waals surface area contributed by atoms with E-state index in [1.54, 1.807) is 18.2 Å². The summed E-state index contributed by atoms with van der Waals surface area (Å²) in [6.45, 7) is 0.873.